The molecular weight excluding hydrogens is 366 g/mol. The number of carbonyl (C=O) groups excluding carboxylic acids is 1. The normalized spacial score (nSPS) is 13.1. The minimum Gasteiger partial charge on any atom is -0.484 e. The van der Waals surface area contributed by atoms with Crippen LogP contribution in [0.1, 0.15) is 30.7 Å². The molecule has 1 aliphatic rings. The maximum Gasteiger partial charge on any atom is 0.262 e. The third kappa shape index (κ3) is 4.43. The van der Waals surface area contributed by atoms with Gasteiger partial charge in [0.15, 0.2) is 12.4 Å². The van der Waals surface area contributed by atoms with Gasteiger partial charge in [0.05, 0.1) is 11.6 Å². The summed E-state index contributed by atoms with van der Waals surface area (Å²) >= 11 is 0. The molecule has 1 amide bonds. The number of fused-ring (bicyclic) bond motifs is 1. The van der Waals surface area contributed by atoms with Gasteiger partial charge >= 0.3 is 0 Å². The molecule has 146 valence electrons. The molecule has 2 heterocycles. The summed E-state index contributed by atoms with van der Waals surface area (Å²) < 4.78 is 7.66. The molecule has 7 nitrogen and oxygen atoms in total. The van der Waals surface area contributed by atoms with E-state index in [0.29, 0.717) is 17.0 Å². The van der Waals surface area contributed by atoms with Crippen molar-refractivity contribution in [1.82, 2.24) is 14.8 Å². The Morgan fingerprint density at radius 1 is 1.14 bits per heavy atom. The molecule has 3 aromatic rings. The maximum atomic E-state index is 12.3. The third-order valence-corrected chi connectivity index (χ3v) is 4.87. The van der Waals surface area contributed by atoms with Crippen molar-refractivity contribution in [2.75, 3.05) is 11.9 Å². The molecular formula is C22H21N5O2. The zero-order chi connectivity index (χ0) is 20.1. The molecule has 1 N–H and O–H groups in total. The van der Waals surface area contributed by atoms with Gasteiger partial charge in [-0.05, 0) is 49.2 Å². The summed E-state index contributed by atoms with van der Waals surface area (Å²) in [5, 5.41) is 20.4. The van der Waals surface area contributed by atoms with Gasteiger partial charge in [-0.15, -0.1) is 10.2 Å². The average molecular weight is 387 g/mol. The molecule has 0 aliphatic carbocycles. The Balaban J connectivity index is 1.42. The van der Waals surface area contributed by atoms with Gasteiger partial charge in [0.2, 0.25) is 0 Å². The van der Waals surface area contributed by atoms with Crippen LogP contribution in [-0.2, 0) is 17.8 Å². The monoisotopic (exact) mass is 387 g/mol. The lowest BCUT2D eigenvalue weighted by atomic mass is 10.2. The number of nitrogens with zero attached hydrogens (tertiary/aromatic N) is 4. The number of nitrogens with one attached hydrogen (secondary N) is 1. The highest BCUT2D eigenvalue weighted by molar-refractivity contribution is 5.92. The van der Waals surface area contributed by atoms with Gasteiger partial charge in [-0.1, -0.05) is 18.6 Å². The second-order valence-electron chi connectivity index (χ2n) is 6.96. The number of benzene rings is 2. The number of aromatic nitrogens is 3. The van der Waals surface area contributed by atoms with Crippen LogP contribution in [0.5, 0.6) is 5.75 Å². The van der Waals surface area contributed by atoms with E-state index in [4.69, 9.17) is 10.00 Å². The summed E-state index contributed by atoms with van der Waals surface area (Å²) in [7, 11) is 0. The third-order valence-electron chi connectivity index (χ3n) is 4.87. The van der Waals surface area contributed by atoms with E-state index >= 15 is 0 Å². The molecule has 2 aromatic carbocycles. The maximum absolute atomic E-state index is 12.3. The van der Waals surface area contributed by atoms with E-state index in [0.717, 1.165) is 43.0 Å². The minimum atomic E-state index is -0.258. The first-order valence-corrected chi connectivity index (χ1v) is 9.68. The molecule has 4 rings (SSSR count). The molecule has 0 atom stereocenters. The van der Waals surface area contributed by atoms with E-state index in [9.17, 15) is 4.79 Å². The van der Waals surface area contributed by atoms with Gasteiger partial charge in [-0.25, -0.2) is 0 Å². The van der Waals surface area contributed by atoms with Crippen LogP contribution in [0, 0.1) is 11.3 Å². The van der Waals surface area contributed by atoms with Crippen molar-refractivity contribution >= 4 is 11.6 Å². The average Bonchev–Trinajstić information content (AvgIpc) is 3.01. The zero-order valence-corrected chi connectivity index (χ0v) is 16.0. The first-order valence-electron chi connectivity index (χ1n) is 9.68. The van der Waals surface area contributed by atoms with Crippen molar-refractivity contribution in [3.8, 4) is 23.2 Å². The minimum absolute atomic E-state index is 0.115. The molecule has 0 unspecified atom stereocenters. The summed E-state index contributed by atoms with van der Waals surface area (Å²) in [6.45, 7) is 0.809. The predicted octanol–water partition coefficient (Wildman–Crippen LogP) is 3.56. The van der Waals surface area contributed by atoms with Gasteiger partial charge in [-0.2, -0.15) is 5.26 Å². The van der Waals surface area contributed by atoms with Crippen molar-refractivity contribution in [3.05, 3.63) is 59.9 Å². The number of rotatable bonds is 5. The number of carbonyl (C=O) groups is 1. The highest BCUT2D eigenvalue weighted by atomic mass is 16.5. The Bertz CT molecular complexity index is 1050. The summed E-state index contributed by atoms with van der Waals surface area (Å²) in [5.41, 5.74) is 2.16. The Morgan fingerprint density at radius 3 is 2.83 bits per heavy atom. The number of hydrogen-bond acceptors (Lipinski definition) is 5. The van der Waals surface area contributed by atoms with Gasteiger partial charge < -0.3 is 14.6 Å². The smallest absolute Gasteiger partial charge is 0.262 e. The van der Waals surface area contributed by atoms with Crippen molar-refractivity contribution in [1.29, 1.82) is 5.26 Å². The molecule has 29 heavy (non-hydrogen) atoms. The largest absolute Gasteiger partial charge is 0.484 e. The summed E-state index contributed by atoms with van der Waals surface area (Å²) in [6.07, 6.45) is 4.43. The quantitative estimate of drug-likeness (QED) is 0.722. The molecule has 1 aromatic heterocycles. The second-order valence-corrected chi connectivity index (χ2v) is 6.96. The van der Waals surface area contributed by atoms with Gasteiger partial charge in [0.1, 0.15) is 11.6 Å². The first-order chi connectivity index (χ1) is 14.2. The lowest BCUT2D eigenvalue weighted by Crippen LogP contribution is -2.20. The number of hydrogen-bond donors (Lipinski definition) is 1. The van der Waals surface area contributed by atoms with Gasteiger partial charge in [-0.3, -0.25) is 4.79 Å². The Kier molecular flexibility index (Phi) is 5.52. The van der Waals surface area contributed by atoms with Crippen LogP contribution in [0.15, 0.2) is 48.5 Å². The van der Waals surface area contributed by atoms with E-state index in [1.807, 2.05) is 30.3 Å². The Hall–Kier alpha value is -3.66. The van der Waals surface area contributed by atoms with E-state index in [1.165, 1.54) is 6.42 Å². The number of anilines is 1. The van der Waals surface area contributed by atoms with E-state index < -0.39 is 0 Å². The van der Waals surface area contributed by atoms with Crippen LogP contribution in [0.2, 0.25) is 0 Å². The fraction of sp³-hybridized carbons (Fsp3) is 0.273. The van der Waals surface area contributed by atoms with Crippen molar-refractivity contribution in [3.63, 3.8) is 0 Å². The summed E-state index contributed by atoms with van der Waals surface area (Å²) in [6, 6.07) is 16.3. The van der Waals surface area contributed by atoms with Crippen LogP contribution in [0.3, 0.4) is 0 Å². The molecule has 0 saturated heterocycles. The highest BCUT2D eigenvalue weighted by Gasteiger charge is 2.16. The molecule has 0 saturated carbocycles. The first kappa shape index (κ1) is 18.7. The second kappa shape index (κ2) is 8.57. The van der Waals surface area contributed by atoms with Crippen LogP contribution >= 0.6 is 0 Å². The Labute approximate surface area is 169 Å². The number of nitriles is 1. The molecule has 7 heteroatoms. The molecule has 1 aliphatic heterocycles. The summed E-state index contributed by atoms with van der Waals surface area (Å²) in [5.74, 6) is 2.15. The van der Waals surface area contributed by atoms with Crippen molar-refractivity contribution in [2.24, 2.45) is 0 Å². The number of amides is 1. The van der Waals surface area contributed by atoms with E-state index in [-0.39, 0.29) is 12.5 Å². The van der Waals surface area contributed by atoms with Crippen LogP contribution in [0.4, 0.5) is 5.69 Å². The molecule has 0 spiro atoms. The van der Waals surface area contributed by atoms with Gasteiger partial charge in [0.25, 0.3) is 5.91 Å². The standard InChI is InChI=1S/C22H21N5O2/c23-14-16-8-10-19(11-9-16)29-15-21(28)24-18-6-4-5-17(13-18)22-26-25-20-7-2-1-3-12-27(20)22/h4-6,8-11,13H,1-3,7,12,15H2,(H,24,28). The van der Waals surface area contributed by atoms with E-state index in [2.05, 4.69) is 20.1 Å². The van der Waals surface area contributed by atoms with Crippen LogP contribution < -0.4 is 10.1 Å². The SMILES string of the molecule is N#Cc1ccc(OCC(=O)Nc2cccc(-c3nnc4n3CCCCC4)c2)cc1. The summed E-state index contributed by atoms with van der Waals surface area (Å²) in [4.78, 5) is 12.3. The lowest BCUT2D eigenvalue weighted by Gasteiger charge is -2.10. The van der Waals surface area contributed by atoms with Gasteiger partial charge in [0, 0.05) is 24.2 Å². The fourth-order valence-corrected chi connectivity index (χ4v) is 3.41. The topological polar surface area (TPSA) is 92.8 Å². The van der Waals surface area contributed by atoms with Crippen molar-refractivity contribution in [2.45, 2.75) is 32.2 Å². The zero-order valence-electron chi connectivity index (χ0n) is 16.0. The highest BCUT2D eigenvalue weighted by Crippen LogP contribution is 2.25. The van der Waals surface area contributed by atoms with E-state index in [1.54, 1.807) is 24.3 Å². The number of aryl methyl sites for hydroxylation is 1. The van der Waals surface area contributed by atoms with Crippen LogP contribution in [0.25, 0.3) is 11.4 Å². The van der Waals surface area contributed by atoms with Crippen LogP contribution in [-0.4, -0.2) is 27.3 Å². The molecule has 0 fully saturated rings. The fourth-order valence-electron chi connectivity index (χ4n) is 3.41. The Morgan fingerprint density at radius 2 is 2.00 bits per heavy atom. The lowest BCUT2D eigenvalue weighted by molar-refractivity contribution is -0.118. The predicted molar refractivity (Wildman–Crippen MR) is 108 cm³/mol. The number of ether oxygens (including phenoxy) is 1. The molecule has 0 bridgehead atoms. The molecule has 0 radical (unpaired) electrons. The van der Waals surface area contributed by atoms with Crippen molar-refractivity contribution < 1.29 is 9.53 Å².